The average molecular weight is 139 g/mol. The predicted molar refractivity (Wildman–Crippen MR) is 42.2 cm³/mol. The zero-order chi connectivity index (χ0) is 7.23. The van der Waals surface area contributed by atoms with Crippen LogP contribution in [0.25, 0.3) is 0 Å². The van der Waals surface area contributed by atoms with Crippen LogP contribution in [0, 0.1) is 6.10 Å². The van der Waals surface area contributed by atoms with Crippen molar-refractivity contribution in [1.82, 2.24) is 0 Å². The lowest BCUT2D eigenvalue weighted by Crippen LogP contribution is -2.04. The summed E-state index contributed by atoms with van der Waals surface area (Å²) in [6.45, 7) is 1.98. The Balaban J connectivity index is 2.13. The first kappa shape index (κ1) is 7.64. The fraction of sp³-hybridized carbons (Fsp3) is 0.667. The van der Waals surface area contributed by atoms with Gasteiger partial charge in [-0.3, -0.25) is 0 Å². The minimum atomic E-state index is 1.17. The summed E-state index contributed by atoms with van der Waals surface area (Å²) in [7, 11) is 0. The predicted octanol–water partition coefficient (Wildman–Crippen LogP) is 3.03. The summed E-state index contributed by atoms with van der Waals surface area (Å²) in [6, 6.07) is 0. The number of allylic oxidation sites excluding steroid dienone is 1. The molecule has 1 nitrogen and oxygen atoms in total. The van der Waals surface area contributed by atoms with Crippen molar-refractivity contribution >= 4 is 0 Å². The molecule has 0 unspecified atom stereocenters. The van der Waals surface area contributed by atoms with Gasteiger partial charge in [0.05, 0.1) is 6.26 Å². The van der Waals surface area contributed by atoms with Crippen LogP contribution in [-0.4, -0.2) is 0 Å². The van der Waals surface area contributed by atoms with E-state index in [2.05, 4.69) is 0 Å². The highest BCUT2D eigenvalue weighted by atomic mass is 16.5. The van der Waals surface area contributed by atoms with Gasteiger partial charge in [0.1, 0.15) is 6.10 Å². The maximum atomic E-state index is 5.37. The van der Waals surface area contributed by atoms with Crippen molar-refractivity contribution in [3.05, 3.63) is 18.4 Å². The molecule has 0 spiro atoms. The summed E-state index contributed by atoms with van der Waals surface area (Å²) in [4.78, 5) is 0. The summed E-state index contributed by atoms with van der Waals surface area (Å²) >= 11 is 0. The third-order valence-electron chi connectivity index (χ3n) is 1.78. The third kappa shape index (κ3) is 2.42. The number of hydrogen-bond acceptors (Lipinski definition) is 1. The summed E-state index contributed by atoms with van der Waals surface area (Å²) < 4.78 is 5.37. The largest absolute Gasteiger partial charge is 0.491 e. The van der Waals surface area contributed by atoms with E-state index >= 15 is 0 Å². The topological polar surface area (TPSA) is 9.23 Å². The molecule has 0 saturated heterocycles. The highest BCUT2D eigenvalue weighted by molar-refractivity contribution is 4.85. The molecule has 57 valence electrons. The van der Waals surface area contributed by atoms with Crippen molar-refractivity contribution in [3.63, 3.8) is 0 Å². The van der Waals surface area contributed by atoms with Crippen LogP contribution in [0.4, 0.5) is 0 Å². The maximum Gasteiger partial charge on any atom is 0.147 e. The van der Waals surface area contributed by atoms with Gasteiger partial charge in [0.25, 0.3) is 0 Å². The number of hydrogen-bond donors (Lipinski definition) is 0. The fourth-order valence-electron chi connectivity index (χ4n) is 1.23. The molecule has 1 aliphatic rings. The summed E-state index contributed by atoms with van der Waals surface area (Å²) in [6.07, 6.45) is 11.3. The quantitative estimate of drug-likeness (QED) is 0.534. The van der Waals surface area contributed by atoms with E-state index in [9.17, 15) is 0 Å². The zero-order valence-corrected chi connectivity index (χ0v) is 6.60. The van der Waals surface area contributed by atoms with E-state index in [1.165, 1.54) is 38.2 Å². The maximum absolute atomic E-state index is 5.37. The molecule has 0 aromatic heterocycles. The summed E-state index contributed by atoms with van der Waals surface area (Å²) in [5.74, 6) is 0. The molecule has 1 aliphatic carbocycles. The Morgan fingerprint density at radius 3 is 2.50 bits per heavy atom. The lowest BCUT2D eigenvalue weighted by molar-refractivity contribution is 0.206. The molecule has 0 N–H and O–H groups in total. The van der Waals surface area contributed by atoms with E-state index in [1.54, 1.807) is 6.26 Å². The van der Waals surface area contributed by atoms with Gasteiger partial charge in [0.15, 0.2) is 0 Å². The molecule has 0 bridgehead atoms. The van der Waals surface area contributed by atoms with Gasteiger partial charge in [-0.1, -0.05) is 12.5 Å². The Hall–Kier alpha value is -0.460. The molecule has 1 heteroatoms. The first-order valence-electron chi connectivity index (χ1n) is 4.06. The Morgan fingerprint density at radius 2 is 1.90 bits per heavy atom. The molecule has 1 rings (SSSR count). The molecule has 0 aromatic rings. The van der Waals surface area contributed by atoms with Gasteiger partial charge in [-0.25, -0.2) is 0 Å². The van der Waals surface area contributed by atoms with Gasteiger partial charge in [-0.05, 0) is 32.6 Å². The van der Waals surface area contributed by atoms with Crippen molar-refractivity contribution in [1.29, 1.82) is 0 Å². The summed E-state index contributed by atoms with van der Waals surface area (Å²) in [5, 5.41) is 0. The fourth-order valence-corrected chi connectivity index (χ4v) is 1.23. The zero-order valence-electron chi connectivity index (χ0n) is 6.60. The molecule has 0 atom stereocenters. The van der Waals surface area contributed by atoms with Crippen LogP contribution in [0.1, 0.15) is 39.0 Å². The highest BCUT2D eigenvalue weighted by Gasteiger charge is 2.13. The second-order valence-electron chi connectivity index (χ2n) is 2.69. The van der Waals surface area contributed by atoms with Crippen molar-refractivity contribution < 1.29 is 4.74 Å². The van der Waals surface area contributed by atoms with Gasteiger partial charge in [0, 0.05) is 0 Å². The van der Waals surface area contributed by atoms with E-state index in [0.29, 0.717) is 0 Å². The Labute approximate surface area is 63.1 Å². The van der Waals surface area contributed by atoms with Gasteiger partial charge >= 0.3 is 0 Å². The second-order valence-corrected chi connectivity index (χ2v) is 2.69. The van der Waals surface area contributed by atoms with E-state index in [0.717, 1.165) is 0 Å². The smallest absolute Gasteiger partial charge is 0.147 e. The normalized spacial score (nSPS) is 21.7. The molecule has 10 heavy (non-hydrogen) atoms. The van der Waals surface area contributed by atoms with E-state index in [-0.39, 0.29) is 0 Å². The SMILES string of the molecule is CC=CO[C]1CCCCC1. The first-order chi connectivity index (χ1) is 4.93. The molecular weight excluding hydrogens is 124 g/mol. The molecular formula is C9H15O. The highest BCUT2D eigenvalue weighted by Crippen LogP contribution is 2.26. The van der Waals surface area contributed by atoms with Crippen LogP contribution in [0.2, 0.25) is 0 Å². The van der Waals surface area contributed by atoms with E-state index in [1.807, 2.05) is 13.0 Å². The van der Waals surface area contributed by atoms with Crippen LogP contribution in [0.15, 0.2) is 12.3 Å². The van der Waals surface area contributed by atoms with Crippen LogP contribution < -0.4 is 0 Å². The Bertz CT molecular complexity index is 101. The lowest BCUT2D eigenvalue weighted by Gasteiger charge is -2.18. The minimum Gasteiger partial charge on any atom is -0.491 e. The molecule has 0 heterocycles. The van der Waals surface area contributed by atoms with Crippen LogP contribution in [0.3, 0.4) is 0 Å². The van der Waals surface area contributed by atoms with Crippen LogP contribution >= 0.6 is 0 Å². The van der Waals surface area contributed by atoms with Crippen molar-refractivity contribution in [2.45, 2.75) is 39.0 Å². The van der Waals surface area contributed by atoms with Crippen molar-refractivity contribution in [3.8, 4) is 0 Å². The molecule has 1 saturated carbocycles. The molecule has 0 aromatic carbocycles. The molecule has 0 aliphatic heterocycles. The molecule has 1 radical (unpaired) electrons. The third-order valence-corrected chi connectivity index (χ3v) is 1.78. The average Bonchev–Trinajstić information content (AvgIpc) is 2.03. The van der Waals surface area contributed by atoms with Crippen molar-refractivity contribution in [2.75, 3.05) is 0 Å². The molecule has 0 amide bonds. The molecule has 1 fully saturated rings. The van der Waals surface area contributed by atoms with Crippen molar-refractivity contribution in [2.24, 2.45) is 0 Å². The summed E-state index contributed by atoms with van der Waals surface area (Å²) in [5.41, 5.74) is 0. The van der Waals surface area contributed by atoms with Crippen LogP contribution in [0.5, 0.6) is 0 Å². The van der Waals surface area contributed by atoms with Crippen LogP contribution in [-0.2, 0) is 4.74 Å². The van der Waals surface area contributed by atoms with E-state index < -0.39 is 0 Å². The first-order valence-corrected chi connectivity index (χ1v) is 4.06. The van der Waals surface area contributed by atoms with Gasteiger partial charge in [0.2, 0.25) is 0 Å². The second kappa shape index (κ2) is 4.37. The monoisotopic (exact) mass is 139 g/mol. The number of ether oxygens (including phenoxy) is 1. The minimum absolute atomic E-state index is 1.17. The Kier molecular flexibility index (Phi) is 3.34. The van der Waals surface area contributed by atoms with E-state index in [4.69, 9.17) is 4.74 Å². The van der Waals surface area contributed by atoms with Gasteiger partial charge in [-0.2, -0.15) is 0 Å². The lowest BCUT2D eigenvalue weighted by atomic mass is 9.98. The van der Waals surface area contributed by atoms with Gasteiger partial charge < -0.3 is 4.74 Å². The standard InChI is InChI=1S/C9H15O/c1-2-8-10-9-6-4-3-5-7-9/h2,8H,3-7H2,1H3. The van der Waals surface area contributed by atoms with Gasteiger partial charge in [-0.15, -0.1) is 0 Å². The Morgan fingerprint density at radius 1 is 1.20 bits per heavy atom. The number of rotatable bonds is 2.